The zero-order valence-corrected chi connectivity index (χ0v) is 13.6. The van der Waals surface area contributed by atoms with Crippen LogP contribution < -0.4 is 4.90 Å². The Hall–Kier alpha value is -1.65. The van der Waals surface area contributed by atoms with Crippen LogP contribution in [0.3, 0.4) is 0 Å². The minimum atomic E-state index is -0.0364. The molecule has 5 heteroatoms. The quantitative estimate of drug-likeness (QED) is 0.756. The van der Waals surface area contributed by atoms with Gasteiger partial charge in [-0.15, -0.1) is 0 Å². The van der Waals surface area contributed by atoms with E-state index in [2.05, 4.69) is 20.9 Å². The van der Waals surface area contributed by atoms with Crippen LogP contribution in [0.4, 0.5) is 5.69 Å². The van der Waals surface area contributed by atoms with E-state index >= 15 is 0 Å². The molecule has 0 unspecified atom stereocenters. The maximum atomic E-state index is 12.1. The summed E-state index contributed by atoms with van der Waals surface area (Å²) in [5.74, 6) is -0.0364. The van der Waals surface area contributed by atoms with Crippen molar-refractivity contribution in [2.45, 2.75) is 0 Å². The summed E-state index contributed by atoms with van der Waals surface area (Å²) in [5.41, 5.74) is 3.45. The van der Waals surface area contributed by atoms with E-state index in [0.29, 0.717) is 5.02 Å². The number of benzodiazepines with no additional fused rings is 1. The number of hydrogen-bond acceptors (Lipinski definition) is 2. The minimum Gasteiger partial charge on any atom is -0.313 e. The topological polar surface area (TPSA) is 32.7 Å². The van der Waals surface area contributed by atoms with Gasteiger partial charge in [-0.25, -0.2) is 0 Å². The van der Waals surface area contributed by atoms with E-state index in [1.165, 1.54) is 0 Å². The number of carbonyl (C=O) groups excluding carboxylic acids is 1. The molecular formula is C16H12BrClN2O. The fraction of sp³-hybridized carbons (Fsp3) is 0.125. The molecular weight excluding hydrogens is 352 g/mol. The molecule has 1 amide bonds. The Morgan fingerprint density at radius 2 is 1.90 bits per heavy atom. The Balaban J connectivity index is 2.20. The van der Waals surface area contributed by atoms with Crippen molar-refractivity contribution in [3.05, 3.63) is 63.1 Å². The second-order valence-corrected chi connectivity index (χ2v) is 6.14. The summed E-state index contributed by atoms with van der Waals surface area (Å²) in [7, 11) is 1.76. The summed E-state index contributed by atoms with van der Waals surface area (Å²) in [6.07, 6.45) is 0. The summed E-state index contributed by atoms with van der Waals surface area (Å²) >= 11 is 9.55. The van der Waals surface area contributed by atoms with Crippen LogP contribution in [-0.2, 0) is 4.79 Å². The summed E-state index contributed by atoms with van der Waals surface area (Å²) in [4.78, 5) is 18.2. The highest BCUT2D eigenvalue weighted by molar-refractivity contribution is 9.10. The number of anilines is 1. The van der Waals surface area contributed by atoms with Crippen LogP contribution in [0.5, 0.6) is 0 Å². The average Bonchev–Trinajstić information content (AvgIpc) is 2.59. The average molecular weight is 364 g/mol. The van der Waals surface area contributed by atoms with Gasteiger partial charge in [0, 0.05) is 27.7 Å². The molecule has 0 fully saturated rings. The lowest BCUT2D eigenvalue weighted by molar-refractivity contribution is -0.116. The molecule has 0 bridgehead atoms. The summed E-state index contributed by atoms with van der Waals surface area (Å²) in [6, 6.07) is 13.4. The van der Waals surface area contributed by atoms with Crippen LogP contribution in [0.15, 0.2) is 51.9 Å². The first kappa shape index (κ1) is 14.3. The van der Waals surface area contributed by atoms with Gasteiger partial charge in [0.25, 0.3) is 0 Å². The maximum absolute atomic E-state index is 12.1. The number of carbonyl (C=O) groups is 1. The van der Waals surface area contributed by atoms with Gasteiger partial charge in [-0.2, -0.15) is 0 Å². The molecule has 0 N–H and O–H groups in total. The zero-order chi connectivity index (χ0) is 15.0. The van der Waals surface area contributed by atoms with Crippen LogP contribution >= 0.6 is 27.5 Å². The zero-order valence-electron chi connectivity index (χ0n) is 11.3. The van der Waals surface area contributed by atoms with Gasteiger partial charge in [0.05, 0.1) is 11.4 Å². The van der Waals surface area contributed by atoms with Crippen molar-refractivity contribution >= 4 is 44.8 Å². The Labute approximate surface area is 136 Å². The standard InChI is InChI=1S/C16H12BrClN2O/c1-20-14-7-6-12(18)8-13(14)16(19-9-15(20)21)10-2-4-11(17)5-3-10/h2-8H,9H2,1H3. The number of rotatable bonds is 1. The number of benzene rings is 2. The molecule has 3 nitrogen and oxygen atoms in total. The number of hydrogen-bond donors (Lipinski definition) is 0. The Kier molecular flexibility index (Phi) is 3.83. The van der Waals surface area contributed by atoms with Gasteiger partial charge in [0.15, 0.2) is 0 Å². The molecule has 106 valence electrons. The normalized spacial score (nSPS) is 14.5. The van der Waals surface area contributed by atoms with Crippen LogP contribution in [0.2, 0.25) is 5.02 Å². The van der Waals surface area contributed by atoms with E-state index in [1.54, 1.807) is 18.0 Å². The van der Waals surface area contributed by atoms with Crippen LogP contribution in [-0.4, -0.2) is 25.2 Å². The van der Waals surface area contributed by atoms with Crippen molar-refractivity contribution < 1.29 is 4.79 Å². The Bertz CT molecular complexity index is 740. The van der Waals surface area contributed by atoms with Gasteiger partial charge in [-0.05, 0) is 30.3 Å². The Morgan fingerprint density at radius 1 is 1.19 bits per heavy atom. The third-order valence-electron chi connectivity index (χ3n) is 3.44. The number of likely N-dealkylation sites (N-methyl/N-ethyl adjacent to an activating group) is 1. The van der Waals surface area contributed by atoms with Gasteiger partial charge >= 0.3 is 0 Å². The second-order valence-electron chi connectivity index (χ2n) is 4.79. The number of nitrogens with zero attached hydrogens (tertiary/aromatic N) is 2. The molecule has 3 rings (SSSR count). The van der Waals surface area contributed by atoms with E-state index < -0.39 is 0 Å². The molecule has 21 heavy (non-hydrogen) atoms. The van der Waals surface area contributed by atoms with Crippen molar-refractivity contribution in [2.75, 3.05) is 18.5 Å². The highest BCUT2D eigenvalue weighted by Crippen LogP contribution is 2.29. The van der Waals surface area contributed by atoms with E-state index in [4.69, 9.17) is 11.6 Å². The summed E-state index contributed by atoms with van der Waals surface area (Å²) in [5, 5.41) is 0.626. The molecule has 1 aliphatic heterocycles. The molecule has 0 spiro atoms. The van der Waals surface area contributed by atoms with Gasteiger partial charge in [-0.3, -0.25) is 9.79 Å². The molecule has 2 aromatic rings. The first-order valence-electron chi connectivity index (χ1n) is 6.43. The number of aliphatic imine (C=N–C) groups is 1. The SMILES string of the molecule is CN1C(=O)CN=C(c2ccc(Br)cc2)c2cc(Cl)ccc21. The monoisotopic (exact) mass is 362 g/mol. The first-order valence-corrected chi connectivity index (χ1v) is 7.60. The van der Waals surface area contributed by atoms with Gasteiger partial charge in [-0.1, -0.05) is 39.7 Å². The van der Waals surface area contributed by atoms with E-state index in [9.17, 15) is 4.79 Å². The van der Waals surface area contributed by atoms with Crippen molar-refractivity contribution in [1.82, 2.24) is 0 Å². The van der Waals surface area contributed by atoms with Crippen molar-refractivity contribution in [3.8, 4) is 0 Å². The predicted molar refractivity (Wildman–Crippen MR) is 89.5 cm³/mol. The van der Waals surface area contributed by atoms with Crippen molar-refractivity contribution in [2.24, 2.45) is 4.99 Å². The van der Waals surface area contributed by atoms with Crippen LogP contribution in [0.1, 0.15) is 11.1 Å². The highest BCUT2D eigenvalue weighted by atomic mass is 79.9. The number of fused-ring (bicyclic) bond motifs is 1. The minimum absolute atomic E-state index is 0.0364. The van der Waals surface area contributed by atoms with E-state index in [0.717, 1.165) is 27.0 Å². The van der Waals surface area contributed by atoms with Crippen molar-refractivity contribution in [3.63, 3.8) is 0 Å². The molecule has 0 saturated heterocycles. The third kappa shape index (κ3) is 2.74. The van der Waals surface area contributed by atoms with Gasteiger partial charge in [0.2, 0.25) is 5.91 Å². The van der Waals surface area contributed by atoms with Crippen LogP contribution in [0, 0.1) is 0 Å². The predicted octanol–water partition coefficient (Wildman–Crippen LogP) is 3.92. The van der Waals surface area contributed by atoms with Crippen LogP contribution in [0.25, 0.3) is 0 Å². The Morgan fingerprint density at radius 3 is 2.62 bits per heavy atom. The molecule has 0 saturated carbocycles. The second kappa shape index (κ2) is 5.62. The lowest BCUT2D eigenvalue weighted by Crippen LogP contribution is -2.27. The fourth-order valence-corrected chi connectivity index (χ4v) is 2.75. The van der Waals surface area contributed by atoms with Gasteiger partial charge < -0.3 is 4.90 Å². The third-order valence-corrected chi connectivity index (χ3v) is 4.20. The largest absolute Gasteiger partial charge is 0.313 e. The molecule has 1 heterocycles. The molecule has 2 aromatic carbocycles. The number of amides is 1. The number of halogens is 2. The fourth-order valence-electron chi connectivity index (χ4n) is 2.32. The lowest BCUT2D eigenvalue weighted by Gasteiger charge is -2.18. The summed E-state index contributed by atoms with van der Waals surface area (Å²) < 4.78 is 1.000. The molecule has 0 aromatic heterocycles. The molecule has 0 aliphatic carbocycles. The van der Waals surface area contributed by atoms with Crippen molar-refractivity contribution in [1.29, 1.82) is 0 Å². The van der Waals surface area contributed by atoms with E-state index in [-0.39, 0.29) is 12.5 Å². The first-order chi connectivity index (χ1) is 10.1. The molecule has 0 radical (unpaired) electrons. The smallest absolute Gasteiger partial charge is 0.248 e. The summed E-state index contributed by atoms with van der Waals surface area (Å²) in [6.45, 7) is 0.133. The van der Waals surface area contributed by atoms with E-state index in [1.807, 2.05) is 36.4 Å². The maximum Gasteiger partial charge on any atom is 0.248 e. The highest BCUT2D eigenvalue weighted by Gasteiger charge is 2.22. The molecule has 0 atom stereocenters. The lowest BCUT2D eigenvalue weighted by atomic mass is 10.0. The molecule has 1 aliphatic rings. The van der Waals surface area contributed by atoms with Gasteiger partial charge in [0.1, 0.15) is 6.54 Å².